The minimum Gasteiger partial charge on any atom is -0.142 e. The highest BCUT2D eigenvalue weighted by molar-refractivity contribution is 7.15. The molecule has 0 amide bonds. The Morgan fingerprint density at radius 1 is 1.45 bits per heavy atom. The molecule has 0 unspecified atom stereocenters. The van der Waals surface area contributed by atoms with Crippen molar-refractivity contribution in [1.82, 2.24) is 10.2 Å². The summed E-state index contributed by atoms with van der Waals surface area (Å²) in [6, 6.07) is 0. The molecule has 1 saturated carbocycles. The van der Waals surface area contributed by atoms with E-state index in [4.69, 9.17) is 11.6 Å². The Labute approximate surface area is 74.6 Å². The number of aromatic nitrogens is 2. The van der Waals surface area contributed by atoms with Crippen molar-refractivity contribution < 1.29 is 0 Å². The van der Waals surface area contributed by atoms with Crippen molar-refractivity contribution in [1.29, 1.82) is 0 Å². The van der Waals surface area contributed by atoms with E-state index in [1.165, 1.54) is 30.6 Å². The summed E-state index contributed by atoms with van der Waals surface area (Å²) in [5.74, 6) is 0.860. The minimum atomic E-state index is 0.569. The molecule has 0 radical (unpaired) electrons. The van der Waals surface area contributed by atoms with Gasteiger partial charge in [0, 0.05) is 6.42 Å². The van der Waals surface area contributed by atoms with Crippen molar-refractivity contribution in [2.75, 3.05) is 0 Å². The van der Waals surface area contributed by atoms with Gasteiger partial charge < -0.3 is 0 Å². The van der Waals surface area contributed by atoms with Crippen LogP contribution in [0.15, 0.2) is 0 Å². The average Bonchev–Trinajstić information content (AvgIpc) is 2.27. The Balaban J connectivity index is 1.95. The molecule has 4 heteroatoms. The third-order valence-electron chi connectivity index (χ3n) is 2.13. The van der Waals surface area contributed by atoms with Crippen molar-refractivity contribution in [3.63, 3.8) is 0 Å². The summed E-state index contributed by atoms with van der Waals surface area (Å²) < 4.78 is 0.569. The molecule has 1 fully saturated rings. The van der Waals surface area contributed by atoms with Crippen LogP contribution >= 0.6 is 22.9 Å². The van der Waals surface area contributed by atoms with Gasteiger partial charge in [-0.25, -0.2) is 0 Å². The first-order valence-electron chi connectivity index (χ1n) is 3.82. The van der Waals surface area contributed by atoms with E-state index in [1.807, 2.05) is 0 Å². The van der Waals surface area contributed by atoms with Crippen LogP contribution in [0.1, 0.15) is 24.3 Å². The van der Waals surface area contributed by atoms with Crippen molar-refractivity contribution >= 4 is 22.9 Å². The fourth-order valence-electron chi connectivity index (χ4n) is 1.26. The molecular weight excluding hydrogens is 180 g/mol. The van der Waals surface area contributed by atoms with Crippen LogP contribution in [-0.4, -0.2) is 10.2 Å². The SMILES string of the molecule is Clc1nnc(CC2CCC2)s1. The second-order valence-corrected chi connectivity index (χ2v) is 4.59. The van der Waals surface area contributed by atoms with Crippen LogP contribution in [0.25, 0.3) is 0 Å². The normalized spacial score (nSPS) is 18.3. The Morgan fingerprint density at radius 3 is 2.73 bits per heavy atom. The lowest BCUT2D eigenvalue weighted by atomic mass is 9.83. The van der Waals surface area contributed by atoms with E-state index in [-0.39, 0.29) is 0 Å². The largest absolute Gasteiger partial charge is 0.207 e. The Kier molecular flexibility index (Phi) is 2.09. The maximum Gasteiger partial charge on any atom is 0.207 e. The Morgan fingerprint density at radius 2 is 2.27 bits per heavy atom. The molecule has 0 bridgehead atoms. The fraction of sp³-hybridized carbons (Fsp3) is 0.714. The molecule has 0 N–H and O–H groups in total. The number of hydrogen-bond acceptors (Lipinski definition) is 3. The zero-order valence-corrected chi connectivity index (χ0v) is 7.66. The molecule has 0 saturated heterocycles. The van der Waals surface area contributed by atoms with Gasteiger partial charge in [0.2, 0.25) is 4.47 Å². The summed E-state index contributed by atoms with van der Waals surface area (Å²) in [5, 5.41) is 8.83. The van der Waals surface area contributed by atoms with Gasteiger partial charge in [0.25, 0.3) is 0 Å². The molecule has 0 atom stereocenters. The first kappa shape index (κ1) is 7.50. The van der Waals surface area contributed by atoms with Crippen LogP contribution in [0.5, 0.6) is 0 Å². The molecule has 0 spiro atoms. The fourth-order valence-corrected chi connectivity index (χ4v) is 2.24. The molecular formula is C7H9ClN2S. The van der Waals surface area contributed by atoms with Gasteiger partial charge in [-0.1, -0.05) is 30.6 Å². The zero-order chi connectivity index (χ0) is 7.68. The molecule has 1 aromatic heterocycles. The molecule has 1 aliphatic carbocycles. The lowest BCUT2D eigenvalue weighted by molar-refractivity contribution is 0.313. The number of nitrogens with zero attached hydrogens (tertiary/aromatic N) is 2. The number of rotatable bonds is 2. The third kappa shape index (κ3) is 1.71. The van der Waals surface area contributed by atoms with Crippen molar-refractivity contribution in [2.24, 2.45) is 5.92 Å². The van der Waals surface area contributed by atoms with Crippen molar-refractivity contribution in [2.45, 2.75) is 25.7 Å². The van der Waals surface area contributed by atoms with Gasteiger partial charge in [-0.2, -0.15) is 0 Å². The molecule has 0 aliphatic heterocycles. The molecule has 11 heavy (non-hydrogen) atoms. The Hall–Kier alpha value is -0.150. The van der Waals surface area contributed by atoms with Crippen LogP contribution in [-0.2, 0) is 6.42 Å². The highest BCUT2D eigenvalue weighted by Gasteiger charge is 2.19. The first-order chi connectivity index (χ1) is 5.34. The van der Waals surface area contributed by atoms with Crippen LogP contribution < -0.4 is 0 Å². The lowest BCUT2D eigenvalue weighted by Gasteiger charge is -2.23. The maximum atomic E-state index is 5.65. The van der Waals surface area contributed by atoms with E-state index in [2.05, 4.69) is 10.2 Å². The van der Waals surface area contributed by atoms with Gasteiger partial charge in [-0.05, 0) is 17.5 Å². The van der Waals surface area contributed by atoms with Crippen molar-refractivity contribution in [3.8, 4) is 0 Å². The smallest absolute Gasteiger partial charge is 0.142 e. The van der Waals surface area contributed by atoms with Crippen LogP contribution in [0, 0.1) is 5.92 Å². The molecule has 60 valence electrons. The predicted octanol–water partition coefficient (Wildman–Crippen LogP) is 2.53. The Bertz CT molecular complexity index is 244. The van der Waals surface area contributed by atoms with Gasteiger partial charge in [0.05, 0.1) is 0 Å². The highest BCUT2D eigenvalue weighted by atomic mass is 35.5. The number of hydrogen-bond donors (Lipinski definition) is 0. The van der Waals surface area contributed by atoms with Crippen LogP contribution in [0.4, 0.5) is 0 Å². The van der Waals surface area contributed by atoms with Gasteiger partial charge >= 0.3 is 0 Å². The summed E-state index contributed by atoms with van der Waals surface area (Å²) >= 11 is 7.16. The van der Waals surface area contributed by atoms with Gasteiger partial charge in [0.1, 0.15) is 5.01 Å². The third-order valence-corrected chi connectivity index (χ3v) is 3.17. The van der Waals surface area contributed by atoms with Crippen LogP contribution in [0.3, 0.4) is 0 Å². The van der Waals surface area contributed by atoms with Crippen LogP contribution in [0.2, 0.25) is 4.47 Å². The summed E-state index contributed by atoms with van der Waals surface area (Å²) in [6.45, 7) is 0. The van der Waals surface area contributed by atoms with E-state index >= 15 is 0 Å². The van der Waals surface area contributed by atoms with E-state index in [0.29, 0.717) is 4.47 Å². The molecule has 1 aromatic rings. The van der Waals surface area contributed by atoms with Gasteiger partial charge in [0.15, 0.2) is 0 Å². The first-order valence-corrected chi connectivity index (χ1v) is 5.02. The molecule has 2 nitrogen and oxygen atoms in total. The summed E-state index contributed by atoms with van der Waals surface area (Å²) in [4.78, 5) is 0. The lowest BCUT2D eigenvalue weighted by Crippen LogP contribution is -2.13. The summed E-state index contributed by atoms with van der Waals surface area (Å²) in [6.07, 6.45) is 5.19. The maximum absolute atomic E-state index is 5.65. The topological polar surface area (TPSA) is 25.8 Å². The average molecular weight is 189 g/mol. The molecule has 0 aromatic carbocycles. The van der Waals surface area contributed by atoms with E-state index < -0.39 is 0 Å². The minimum absolute atomic E-state index is 0.569. The quantitative estimate of drug-likeness (QED) is 0.713. The molecule has 1 aliphatic rings. The predicted molar refractivity (Wildman–Crippen MR) is 46.0 cm³/mol. The standard InChI is InChI=1S/C7H9ClN2S/c8-7-10-9-6(11-7)4-5-2-1-3-5/h5H,1-4H2. The van der Waals surface area contributed by atoms with E-state index in [1.54, 1.807) is 0 Å². The number of halogens is 1. The summed E-state index contributed by atoms with van der Waals surface area (Å²) in [7, 11) is 0. The molecule has 1 heterocycles. The van der Waals surface area contributed by atoms with Gasteiger partial charge in [-0.3, -0.25) is 0 Å². The van der Waals surface area contributed by atoms with Gasteiger partial charge in [-0.15, -0.1) is 10.2 Å². The zero-order valence-electron chi connectivity index (χ0n) is 6.09. The van der Waals surface area contributed by atoms with E-state index in [0.717, 1.165) is 17.3 Å². The summed E-state index contributed by atoms with van der Waals surface area (Å²) in [5.41, 5.74) is 0. The highest BCUT2D eigenvalue weighted by Crippen LogP contribution is 2.30. The second-order valence-electron chi connectivity index (χ2n) is 2.95. The monoisotopic (exact) mass is 188 g/mol. The van der Waals surface area contributed by atoms with E-state index in [9.17, 15) is 0 Å². The van der Waals surface area contributed by atoms with Crippen molar-refractivity contribution in [3.05, 3.63) is 9.47 Å². The second kappa shape index (κ2) is 3.07. The molecule has 2 rings (SSSR count).